The van der Waals surface area contributed by atoms with Crippen LogP contribution in [0, 0.1) is 0 Å². The molecule has 2 aromatic rings. The van der Waals surface area contributed by atoms with Crippen LogP contribution in [-0.2, 0) is 27.0 Å². The Hall–Kier alpha value is -2.61. The molecule has 0 radical (unpaired) electrons. The van der Waals surface area contributed by atoms with Crippen LogP contribution in [0.1, 0.15) is 16.0 Å². The van der Waals surface area contributed by atoms with Gasteiger partial charge in [0.25, 0.3) is 5.91 Å². The fraction of sp³-hybridized carbons (Fsp3) is 0.176. The molecule has 0 saturated carbocycles. The fourth-order valence-electron chi connectivity index (χ4n) is 1.78. The summed E-state index contributed by atoms with van der Waals surface area (Å²) >= 11 is 1.49. The predicted octanol–water partition coefficient (Wildman–Crippen LogP) is 3.64. The van der Waals surface area contributed by atoms with Gasteiger partial charge in [0.15, 0.2) is 6.61 Å². The second-order valence-electron chi connectivity index (χ2n) is 4.92. The number of carbonyl (C=O) groups is 2. The molecule has 132 valence electrons. The highest BCUT2D eigenvalue weighted by Gasteiger charge is 2.29. The molecule has 0 atom stereocenters. The summed E-state index contributed by atoms with van der Waals surface area (Å²) in [5.41, 5.74) is -0.360. The van der Waals surface area contributed by atoms with E-state index >= 15 is 0 Å². The van der Waals surface area contributed by atoms with Crippen LogP contribution in [0.15, 0.2) is 47.9 Å². The van der Waals surface area contributed by atoms with Crippen molar-refractivity contribution in [1.82, 2.24) is 5.32 Å². The lowest BCUT2D eigenvalue weighted by atomic mass is 10.1. The average molecular weight is 369 g/mol. The van der Waals surface area contributed by atoms with Crippen molar-refractivity contribution in [3.8, 4) is 0 Å². The van der Waals surface area contributed by atoms with Gasteiger partial charge in [0.05, 0.1) is 12.1 Å². The molecule has 4 nitrogen and oxygen atoms in total. The number of nitrogens with one attached hydrogen (secondary N) is 1. The van der Waals surface area contributed by atoms with E-state index in [1.807, 2.05) is 17.5 Å². The minimum atomic E-state index is -4.41. The Kier molecular flexibility index (Phi) is 6.35. The predicted molar refractivity (Wildman–Crippen MR) is 87.6 cm³/mol. The summed E-state index contributed by atoms with van der Waals surface area (Å²) in [6.07, 6.45) is -2.04. The van der Waals surface area contributed by atoms with Gasteiger partial charge < -0.3 is 10.1 Å². The number of amides is 1. The second-order valence-corrected chi connectivity index (χ2v) is 5.95. The molecule has 1 aromatic carbocycles. The lowest BCUT2D eigenvalue weighted by Crippen LogP contribution is -2.27. The minimum absolute atomic E-state index is 0.357. The molecule has 1 N–H and O–H groups in total. The molecule has 0 fully saturated rings. The van der Waals surface area contributed by atoms with Crippen LogP contribution in [0.5, 0.6) is 0 Å². The zero-order valence-electron chi connectivity index (χ0n) is 12.9. The summed E-state index contributed by atoms with van der Waals surface area (Å²) < 4.78 is 42.1. The zero-order valence-corrected chi connectivity index (χ0v) is 13.7. The molecular weight excluding hydrogens is 355 g/mol. The topological polar surface area (TPSA) is 55.4 Å². The number of carbonyl (C=O) groups excluding carboxylic acids is 2. The van der Waals surface area contributed by atoms with Gasteiger partial charge in [-0.1, -0.05) is 18.2 Å². The quantitative estimate of drug-likeness (QED) is 0.625. The molecular formula is C17H14F3NO3S. The van der Waals surface area contributed by atoms with Gasteiger partial charge in [-0.15, -0.1) is 11.3 Å². The van der Waals surface area contributed by atoms with Gasteiger partial charge in [-0.05, 0) is 35.2 Å². The number of benzene rings is 1. The van der Waals surface area contributed by atoms with Gasteiger partial charge in [-0.2, -0.15) is 13.2 Å². The lowest BCUT2D eigenvalue weighted by Gasteiger charge is -2.06. The number of ether oxygens (including phenoxy) is 1. The van der Waals surface area contributed by atoms with E-state index in [9.17, 15) is 22.8 Å². The van der Waals surface area contributed by atoms with Gasteiger partial charge in [0.1, 0.15) is 0 Å². The maximum Gasteiger partial charge on any atom is 0.416 e. The average Bonchev–Trinajstić information content (AvgIpc) is 3.09. The Morgan fingerprint density at radius 1 is 1.16 bits per heavy atom. The van der Waals surface area contributed by atoms with Crippen molar-refractivity contribution in [2.24, 2.45) is 0 Å². The van der Waals surface area contributed by atoms with Crippen molar-refractivity contribution in [2.45, 2.75) is 12.7 Å². The van der Waals surface area contributed by atoms with E-state index in [-0.39, 0.29) is 0 Å². The van der Waals surface area contributed by atoms with E-state index < -0.39 is 30.2 Å². The number of halogens is 3. The zero-order chi connectivity index (χ0) is 18.3. The molecule has 8 heteroatoms. The van der Waals surface area contributed by atoms with Crippen molar-refractivity contribution in [1.29, 1.82) is 0 Å². The highest BCUT2D eigenvalue weighted by atomic mass is 32.1. The number of esters is 1. The number of rotatable bonds is 6. The van der Waals surface area contributed by atoms with Crippen LogP contribution in [0.25, 0.3) is 6.08 Å². The van der Waals surface area contributed by atoms with Crippen LogP contribution in [0.3, 0.4) is 0 Å². The van der Waals surface area contributed by atoms with Gasteiger partial charge in [-0.25, -0.2) is 4.79 Å². The van der Waals surface area contributed by atoms with E-state index in [0.29, 0.717) is 12.1 Å². The Morgan fingerprint density at radius 2 is 1.88 bits per heavy atom. The Labute approximate surface area is 145 Å². The van der Waals surface area contributed by atoms with Crippen LogP contribution < -0.4 is 5.32 Å². The molecule has 2 rings (SSSR count). The molecule has 0 aliphatic heterocycles. The smallest absolute Gasteiger partial charge is 0.416 e. The minimum Gasteiger partial charge on any atom is -0.452 e. The summed E-state index contributed by atoms with van der Waals surface area (Å²) in [5, 5.41) is 4.48. The summed E-state index contributed by atoms with van der Waals surface area (Å²) in [7, 11) is 0. The Morgan fingerprint density at radius 3 is 2.48 bits per heavy atom. The van der Waals surface area contributed by atoms with Crippen molar-refractivity contribution in [3.63, 3.8) is 0 Å². The van der Waals surface area contributed by atoms with Crippen molar-refractivity contribution >= 4 is 29.3 Å². The van der Waals surface area contributed by atoms with Gasteiger partial charge >= 0.3 is 12.1 Å². The Balaban J connectivity index is 1.75. The molecule has 0 aliphatic carbocycles. The highest BCUT2D eigenvalue weighted by molar-refractivity contribution is 7.09. The molecule has 25 heavy (non-hydrogen) atoms. The van der Waals surface area contributed by atoms with Crippen LogP contribution >= 0.6 is 11.3 Å². The number of alkyl halides is 3. The SMILES string of the molecule is O=C(COC(=O)/C=C/c1ccc(C(F)(F)F)cc1)NCc1cccs1. The van der Waals surface area contributed by atoms with Crippen molar-refractivity contribution < 1.29 is 27.5 Å². The summed E-state index contributed by atoms with van der Waals surface area (Å²) in [5.74, 6) is -1.20. The first kappa shape index (κ1) is 18.7. The molecule has 0 spiro atoms. The molecule has 0 saturated heterocycles. The van der Waals surface area contributed by atoms with E-state index in [1.54, 1.807) is 0 Å². The highest BCUT2D eigenvalue weighted by Crippen LogP contribution is 2.29. The Bertz CT molecular complexity index is 737. The van der Waals surface area contributed by atoms with Crippen molar-refractivity contribution in [3.05, 3.63) is 63.9 Å². The third kappa shape index (κ3) is 6.42. The van der Waals surface area contributed by atoms with Crippen LogP contribution in [0.4, 0.5) is 13.2 Å². The van der Waals surface area contributed by atoms with Gasteiger partial charge in [0.2, 0.25) is 0 Å². The molecule has 0 unspecified atom stereocenters. The molecule has 0 aliphatic rings. The van der Waals surface area contributed by atoms with Gasteiger partial charge in [0, 0.05) is 11.0 Å². The maximum absolute atomic E-state index is 12.4. The first-order valence-corrected chi connectivity index (χ1v) is 8.04. The first-order chi connectivity index (χ1) is 11.8. The van der Waals surface area contributed by atoms with Gasteiger partial charge in [-0.3, -0.25) is 4.79 Å². The summed E-state index contributed by atoms with van der Waals surface area (Å²) in [6.45, 7) is -0.0724. The standard InChI is InChI=1S/C17H14F3NO3S/c18-17(19,20)13-6-3-12(4-7-13)5-8-16(23)24-11-15(22)21-10-14-2-1-9-25-14/h1-9H,10-11H2,(H,21,22)/b8-5+. The third-order valence-electron chi connectivity index (χ3n) is 3.04. The fourth-order valence-corrected chi connectivity index (χ4v) is 2.43. The van der Waals surface area contributed by atoms with Crippen molar-refractivity contribution in [2.75, 3.05) is 6.61 Å². The number of thiophene rings is 1. The largest absolute Gasteiger partial charge is 0.452 e. The number of hydrogen-bond donors (Lipinski definition) is 1. The lowest BCUT2D eigenvalue weighted by molar-refractivity contribution is -0.143. The van der Waals surface area contributed by atoms with E-state index in [0.717, 1.165) is 23.1 Å². The maximum atomic E-state index is 12.4. The van der Waals surface area contributed by atoms with Crippen LogP contribution in [0.2, 0.25) is 0 Å². The first-order valence-electron chi connectivity index (χ1n) is 7.16. The normalized spacial score (nSPS) is 11.5. The monoisotopic (exact) mass is 369 g/mol. The molecule has 0 bridgehead atoms. The number of hydrogen-bond acceptors (Lipinski definition) is 4. The summed E-state index contributed by atoms with van der Waals surface area (Å²) in [6, 6.07) is 8.04. The molecule has 1 heterocycles. The van der Waals surface area contributed by atoms with E-state index in [1.165, 1.54) is 29.5 Å². The van der Waals surface area contributed by atoms with E-state index in [2.05, 4.69) is 5.32 Å². The third-order valence-corrected chi connectivity index (χ3v) is 3.91. The van der Waals surface area contributed by atoms with E-state index in [4.69, 9.17) is 4.74 Å². The second kappa shape index (κ2) is 8.48. The molecule has 1 amide bonds. The summed E-state index contributed by atoms with van der Waals surface area (Å²) in [4.78, 5) is 24.0. The van der Waals surface area contributed by atoms with Crippen LogP contribution in [-0.4, -0.2) is 18.5 Å². The molecule has 1 aromatic heterocycles.